The Hall–Kier alpha value is -0.400. The normalized spacial score (nSPS) is 18.1. The number of thiocarbonyl (C=S) groups is 1. The van der Waals surface area contributed by atoms with Gasteiger partial charge in [0.2, 0.25) is 0 Å². The minimum Gasteiger partial charge on any atom is -0.361 e. The van der Waals surface area contributed by atoms with Gasteiger partial charge in [-0.15, -0.1) is 0 Å². The van der Waals surface area contributed by atoms with Gasteiger partial charge in [0.25, 0.3) is 10.1 Å². The van der Waals surface area contributed by atoms with Crippen molar-refractivity contribution in [3.63, 3.8) is 0 Å². The summed E-state index contributed by atoms with van der Waals surface area (Å²) >= 11 is 4.87. The number of nitrogens with one attached hydrogen (secondary N) is 1. The molecule has 0 aromatic carbocycles. The van der Waals surface area contributed by atoms with E-state index in [1.54, 1.807) is 4.90 Å². The van der Waals surface area contributed by atoms with Gasteiger partial charge in [-0.1, -0.05) is 0 Å². The van der Waals surface area contributed by atoms with Gasteiger partial charge >= 0.3 is 0 Å². The molecular weight excluding hydrogens is 200 g/mol. The Bertz CT molecular complexity index is 274. The molecule has 0 amide bonds. The lowest BCUT2D eigenvalue weighted by atomic mass is 10.6. The van der Waals surface area contributed by atoms with E-state index in [0.717, 1.165) is 6.54 Å². The highest BCUT2D eigenvalue weighted by Crippen LogP contribution is 1.97. The molecule has 2 N–H and O–H groups in total. The van der Waals surface area contributed by atoms with Crippen LogP contribution in [0.4, 0.5) is 0 Å². The molecule has 0 radical (unpaired) electrons. The first-order valence-electron chi connectivity index (χ1n) is 3.47. The Morgan fingerprint density at radius 1 is 1.67 bits per heavy atom. The van der Waals surface area contributed by atoms with Crippen molar-refractivity contribution in [1.29, 1.82) is 0 Å². The Morgan fingerprint density at radius 3 is 2.75 bits per heavy atom. The van der Waals surface area contributed by atoms with Gasteiger partial charge in [0.05, 0.1) is 5.75 Å². The monoisotopic (exact) mass is 210 g/mol. The van der Waals surface area contributed by atoms with E-state index in [9.17, 15) is 8.42 Å². The van der Waals surface area contributed by atoms with E-state index in [-0.39, 0.29) is 12.3 Å². The summed E-state index contributed by atoms with van der Waals surface area (Å²) in [6, 6.07) is 0. The number of rotatable bonds is 3. The molecule has 1 saturated heterocycles. The van der Waals surface area contributed by atoms with Crippen molar-refractivity contribution < 1.29 is 13.0 Å². The zero-order valence-electron chi connectivity index (χ0n) is 6.36. The highest BCUT2D eigenvalue weighted by molar-refractivity contribution is 7.85. The Labute approximate surface area is 76.5 Å². The molecule has 0 aromatic rings. The van der Waals surface area contributed by atoms with Crippen LogP contribution in [-0.2, 0) is 10.1 Å². The third kappa shape index (κ3) is 2.92. The van der Waals surface area contributed by atoms with Crippen LogP contribution in [0.2, 0.25) is 0 Å². The molecule has 12 heavy (non-hydrogen) atoms. The molecule has 1 aliphatic rings. The summed E-state index contributed by atoms with van der Waals surface area (Å²) in [4.78, 5) is 1.71. The Balaban J connectivity index is 2.37. The number of nitrogens with zero attached hydrogens (tertiary/aromatic N) is 1. The highest BCUT2D eigenvalue weighted by Gasteiger charge is 2.17. The molecule has 70 valence electrons. The molecule has 5 nitrogen and oxygen atoms in total. The first-order valence-corrected chi connectivity index (χ1v) is 5.49. The summed E-state index contributed by atoms with van der Waals surface area (Å²) in [5, 5.41) is 3.44. The van der Waals surface area contributed by atoms with E-state index in [4.69, 9.17) is 16.8 Å². The van der Waals surface area contributed by atoms with Crippen molar-refractivity contribution in [3.8, 4) is 0 Å². The van der Waals surface area contributed by atoms with Gasteiger partial charge in [0.1, 0.15) is 0 Å². The Kier molecular flexibility index (Phi) is 2.86. The van der Waals surface area contributed by atoms with Crippen LogP contribution >= 0.6 is 12.2 Å². The van der Waals surface area contributed by atoms with Gasteiger partial charge < -0.3 is 10.2 Å². The molecule has 0 spiro atoms. The lowest BCUT2D eigenvalue weighted by Gasteiger charge is -2.14. The maximum Gasteiger partial charge on any atom is 0.266 e. The predicted octanol–water partition coefficient (Wildman–Crippen LogP) is -0.936. The van der Waals surface area contributed by atoms with E-state index in [1.807, 2.05) is 0 Å². The van der Waals surface area contributed by atoms with Crippen molar-refractivity contribution in [2.75, 3.05) is 25.4 Å². The van der Waals surface area contributed by atoms with Crippen LogP contribution in [0.5, 0.6) is 0 Å². The zero-order valence-corrected chi connectivity index (χ0v) is 7.99. The molecule has 1 heterocycles. The highest BCUT2D eigenvalue weighted by atomic mass is 32.2. The summed E-state index contributed by atoms with van der Waals surface area (Å²) < 4.78 is 29.2. The summed E-state index contributed by atoms with van der Waals surface area (Å²) in [5.41, 5.74) is 0. The summed E-state index contributed by atoms with van der Waals surface area (Å²) in [6.07, 6.45) is 0. The minimum absolute atomic E-state index is 0.255. The van der Waals surface area contributed by atoms with Crippen molar-refractivity contribution in [1.82, 2.24) is 10.2 Å². The second kappa shape index (κ2) is 3.55. The van der Waals surface area contributed by atoms with Crippen LogP contribution in [0.3, 0.4) is 0 Å². The van der Waals surface area contributed by atoms with Crippen molar-refractivity contribution >= 4 is 27.4 Å². The lowest BCUT2D eigenvalue weighted by Crippen LogP contribution is -2.32. The molecule has 7 heteroatoms. The van der Waals surface area contributed by atoms with Gasteiger partial charge in [-0.25, -0.2) is 0 Å². The molecule has 0 unspecified atom stereocenters. The first kappa shape index (κ1) is 9.69. The van der Waals surface area contributed by atoms with Crippen molar-refractivity contribution in [2.45, 2.75) is 0 Å². The summed E-state index contributed by atoms with van der Waals surface area (Å²) in [5.74, 6) is -0.269. The largest absolute Gasteiger partial charge is 0.361 e. The van der Waals surface area contributed by atoms with Crippen LogP contribution in [0.15, 0.2) is 0 Å². The lowest BCUT2D eigenvalue weighted by molar-refractivity contribution is 0.455. The molecule has 0 bridgehead atoms. The van der Waals surface area contributed by atoms with Gasteiger partial charge in [-0.3, -0.25) is 4.55 Å². The smallest absolute Gasteiger partial charge is 0.266 e. The molecule has 0 aliphatic carbocycles. The van der Waals surface area contributed by atoms with Crippen LogP contribution in [-0.4, -0.2) is 48.4 Å². The fourth-order valence-electron chi connectivity index (χ4n) is 0.950. The molecular formula is C5H10N2O3S2. The molecule has 0 saturated carbocycles. The van der Waals surface area contributed by atoms with E-state index >= 15 is 0 Å². The fraction of sp³-hybridized carbons (Fsp3) is 0.800. The van der Waals surface area contributed by atoms with E-state index < -0.39 is 10.1 Å². The predicted molar refractivity (Wildman–Crippen MR) is 48.6 cm³/mol. The van der Waals surface area contributed by atoms with Gasteiger partial charge in [0, 0.05) is 19.6 Å². The van der Waals surface area contributed by atoms with Crippen molar-refractivity contribution in [2.24, 2.45) is 0 Å². The van der Waals surface area contributed by atoms with Crippen LogP contribution in [0, 0.1) is 0 Å². The third-order valence-electron chi connectivity index (χ3n) is 1.56. The Morgan fingerprint density at radius 2 is 2.33 bits per heavy atom. The summed E-state index contributed by atoms with van der Waals surface area (Å²) in [7, 11) is -3.86. The van der Waals surface area contributed by atoms with Crippen LogP contribution in [0.1, 0.15) is 0 Å². The second-order valence-corrected chi connectivity index (χ2v) is 4.46. The van der Waals surface area contributed by atoms with Gasteiger partial charge in [-0.05, 0) is 12.2 Å². The third-order valence-corrected chi connectivity index (χ3v) is 2.67. The van der Waals surface area contributed by atoms with E-state index in [1.165, 1.54) is 0 Å². The standard InChI is InChI=1S/C5H10N2O3S2/c8-12(9,10)4-3-7-2-1-6-5(7)11/h1-4H2,(H,6,11)(H,8,9,10). The zero-order chi connectivity index (χ0) is 9.19. The van der Waals surface area contributed by atoms with Gasteiger partial charge in [0.15, 0.2) is 5.11 Å². The molecule has 1 rings (SSSR count). The van der Waals surface area contributed by atoms with E-state index in [2.05, 4.69) is 5.32 Å². The molecule has 0 atom stereocenters. The van der Waals surface area contributed by atoms with Gasteiger partial charge in [-0.2, -0.15) is 8.42 Å². The molecule has 0 aromatic heterocycles. The maximum atomic E-state index is 10.4. The fourth-order valence-corrected chi connectivity index (χ4v) is 1.69. The average molecular weight is 210 g/mol. The molecule has 1 aliphatic heterocycles. The van der Waals surface area contributed by atoms with E-state index in [0.29, 0.717) is 11.7 Å². The van der Waals surface area contributed by atoms with Crippen LogP contribution < -0.4 is 5.32 Å². The number of hydrogen-bond acceptors (Lipinski definition) is 3. The average Bonchev–Trinajstić information content (AvgIpc) is 2.29. The first-order chi connectivity index (χ1) is 5.49. The second-order valence-electron chi connectivity index (χ2n) is 2.51. The van der Waals surface area contributed by atoms with Crippen molar-refractivity contribution in [3.05, 3.63) is 0 Å². The number of hydrogen-bond donors (Lipinski definition) is 2. The quantitative estimate of drug-likeness (QED) is 0.463. The minimum atomic E-state index is -3.86. The van der Waals surface area contributed by atoms with Crippen LogP contribution in [0.25, 0.3) is 0 Å². The molecule has 1 fully saturated rings. The SMILES string of the molecule is O=S(=O)(O)CCN1CCNC1=S. The maximum absolute atomic E-state index is 10.4. The topological polar surface area (TPSA) is 69.6 Å². The summed E-state index contributed by atoms with van der Waals surface area (Å²) in [6.45, 7) is 1.70.